The molecular formula is C17H30N4O. The van der Waals surface area contributed by atoms with Crippen molar-refractivity contribution in [2.45, 2.75) is 39.5 Å². The van der Waals surface area contributed by atoms with Crippen molar-refractivity contribution >= 4 is 5.96 Å². The molecule has 1 heterocycles. The van der Waals surface area contributed by atoms with E-state index in [9.17, 15) is 0 Å². The summed E-state index contributed by atoms with van der Waals surface area (Å²) in [7, 11) is 1.80. The molecular weight excluding hydrogens is 276 g/mol. The highest BCUT2D eigenvalue weighted by Crippen LogP contribution is 2.04. The number of pyridine rings is 1. The highest BCUT2D eigenvalue weighted by molar-refractivity contribution is 5.79. The predicted octanol–water partition coefficient (Wildman–Crippen LogP) is 2.30. The van der Waals surface area contributed by atoms with Crippen molar-refractivity contribution in [2.24, 2.45) is 4.99 Å². The first-order valence-corrected chi connectivity index (χ1v) is 8.19. The lowest BCUT2D eigenvalue weighted by molar-refractivity contribution is 0.129. The van der Waals surface area contributed by atoms with Crippen LogP contribution < -0.4 is 10.6 Å². The quantitative estimate of drug-likeness (QED) is 0.396. The zero-order valence-corrected chi connectivity index (χ0v) is 14.2. The lowest BCUT2D eigenvalue weighted by atomic mass is 10.1. The molecule has 0 saturated carbocycles. The molecule has 0 aliphatic rings. The molecule has 0 aromatic carbocycles. The normalized spacial score (nSPS) is 11.5. The number of guanidine groups is 1. The van der Waals surface area contributed by atoms with Crippen LogP contribution in [0.2, 0.25) is 0 Å². The van der Waals surface area contributed by atoms with Crippen LogP contribution in [-0.2, 0) is 11.2 Å². The van der Waals surface area contributed by atoms with Crippen molar-refractivity contribution in [3.05, 3.63) is 29.6 Å². The van der Waals surface area contributed by atoms with Gasteiger partial charge in [-0.3, -0.25) is 9.98 Å². The molecule has 0 aliphatic carbocycles. The number of unbranched alkanes of at least 4 members (excludes halogenated alkanes) is 1. The highest BCUT2D eigenvalue weighted by atomic mass is 16.5. The molecule has 0 aliphatic heterocycles. The van der Waals surface area contributed by atoms with Gasteiger partial charge in [0.05, 0.1) is 0 Å². The molecule has 22 heavy (non-hydrogen) atoms. The Morgan fingerprint density at radius 2 is 2.00 bits per heavy atom. The number of aliphatic imine (C=N–C) groups is 1. The Kier molecular flexibility index (Phi) is 10.0. The molecule has 0 unspecified atom stereocenters. The number of aryl methyl sites for hydroxylation is 1. The Morgan fingerprint density at radius 3 is 2.73 bits per heavy atom. The van der Waals surface area contributed by atoms with Gasteiger partial charge in [-0.2, -0.15) is 0 Å². The molecule has 1 aromatic heterocycles. The van der Waals surface area contributed by atoms with Gasteiger partial charge in [0.2, 0.25) is 0 Å². The van der Waals surface area contributed by atoms with Crippen molar-refractivity contribution in [3.8, 4) is 0 Å². The van der Waals surface area contributed by atoms with E-state index in [4.69, 9.17) is 4.74 Å². The monoisotopic (exact) mass is 306 g/mol. The first kappa shape index (κ1) is 18.4. The van der Waals surface area contributed by atoms with Crippen LogP contribution in [0.1, 0.15) is 37.3 Å². The van der Waals surface area contributed by atoms with Gasteiger partial charge < -0.3 is 15.4 Å². The second kappa shape index (κ2) is 12.0. The van der Waals surface area contributed by atoms with Crippen molar-refractivity contribution < 1.29 is 4.74 Å². The maximum atomic E-state index is 5.54. The molecule has 0 amide bonds. The molecule has 0 bridgehead atoms. The van der Waals surface area contributed by atoms with Crippen molar-refractivity contribution in [2.75, 3.05) is 33.4 Å². The van der Waals surface area contributed by atoms with E-state index in [-0.39, 0.29) is 0 Å². The number of aromatic nitrogens is 1. The fourth-order valence-electron chi connectivity index (χ4n) is 2.05. The van der Waals surface area contributed by atoms with E-state index in [0.717, 1.165) is 51.5 Å². The maximum absolute atomic E-state index is 5.54. The predicted molar refractivity (Wildman–Crippen MR) is 92.4 cm³/mol. The van der Waals surface area contributed by atoms with Crippen LogP contribution in [0.4, 0.5) is 0 Å². The molecule has 2 N–H and O–H groups in total. The number of rotatable bonds is 10. The second-order valence-corrected chi connectivity index (χ2v) is 5.30. The average molecular weight is 306 g/mol. The summed E-state index contributed by atoms with van der Waals surface area (Å²) in [6, 6.07) is 2.07. The molecule has 124 valence electrons. The molecule has 1 rings (SSSR count). The Balaban J connectivity index is 2.11. The van der Waals surface area contributed by atoms with Crippen LogP contribution in [0.15, 0.2) is 23.5 Å². The topological polar surface area (TPSA) is 58.5 Å². The fraction of sp³-hybridized carbons (Fsp3) is 0.647. The van der Waals surface area contributed by atoms with Crippen molar-refractivity contribution in [1.29, 1.82) is 0 Å². The molecule has 1 aromatic rings. The zero-order valence-electron chi connectivity index (χ0n) is 14.2. The van der Waals surface area contributed by atoms with Gasteiger partial charge in [0, 0.05) is 45.7 Å². The Labute approximate surface area is 134 Å². The third kappa shape index (κ3) is 7.98. The van der Waals surface area contributed by atoms with Crippen LogP contribution in [0.3, 0.4) is 0 Å². The first-order chi connectivity index (χ1) is 10.8. The minimum Gasteiger partial charge on any atom is -0.381 e. The van der Waals surface area contributed by atoms with E-state index < -0.39 is 0 Å². The number of hydrogen-bond acceptors (Lipinski definition) is 3. The minimum absolute atomic E-state index is 0.806. The largest absolute Gasteiger partial charge is 0.381 e. The summed E-state index contributed by atoms with van der Waals surface area (Å²) >= 11 is 0. The lowest BCUT2D eigenvalue weighted by Gasteiger charge is -2.12. The van der Waals surface area contributed by atoms with Gasteiger partial charge in [-0.05, 0) is 43.4 Å². The van der Waals surface area contributed by atoms with E-state index in [2.05, 4.69) is 40.5 Å². The van der Waals surface area contributed by atoms with Crippen LogP contribution in [0, 0.1) is 6.92 Å². The average Bonchev–Trinajstić information content (AvgIpc) is 2.54. The minimum atomic E-state index is 0.806. The number of nitrogens with one attached hydrogen (secondary N) is 2. The third-order valence-electron chi connectivity index (χ3n) is 3.45. The Hall–Kier alpha value is -1.62. The Bertz CT molecular complexity index is 434. The number of nitrogens with zero attached hydrogens (tertiary/aromatic N) is 2. The van der Waals surface area contributed by atoms with Gasteiger partial charge in [0.1, 0.15) is 0 Å². The molecule has 0 fully saturated rings. The highest BCUT2D eigenvalue weighted by Gasteiger charge is 2.00. The zero-order chi connectivity index (χ0) is 16.0. The van der Waals surface area contributed by atoms with Crippen LogP contribution >= 0.6 is 0 Å². The van der Waals surface area contributed by atoms with Gasteiger partial charge in [0.15, 0.2) is 5.96 Å². The summed E-state index contributed by atoms with van der Waals surface area (Å²) < 4.78 is 5.54. The van der Waals surface area contributed by atoms with E-state index in [1.807, 2.05) is 12.4 Å². The van der Waals surface area contributed by atoms with Gasteiger partial charge in [-0.25, -0.2) is 0 Å². The van der Waals surface area contributed by atoms with Crippen LogP contribution in [-0.4, -0.2) is 44.3 Å². The van der Waals surface area contributed by atoms with E-state index in [1.165, 1.54) is 17.5 Å². The number of hydrogen-bond donors (Lipinski definition) is 2. The summed E-state index contributed by atoms with van der Waals surface area (Å²) in [5.74, 6) is 0.847. The Morgan fingerprint density at radius 1 is 1.23 bits per heavy atom. The fourth-order valence-corrected chi connectivity index (χ4v) is 2.05. The van der Waals surface area contributed by atoms with Gasteiger partial charge in [0.25, 0.3) is 0 Å². The van der Waals surface area contributed by atoms with E-state index >= 15 is 0 Å². The number of ether oxygens (including phenoxy) is 1. The van der Waals surface area contributed by atoms with Crippen molar-refractivity contribution in [1.82, 2.24) is 15.6 Å². The smallest absolute Gasteiger partial charge is 0.190 e. The summed E-state index contributed by atoms with van der Waals surface area (Å²) in [4.78, 5) is 8.34. The molecule has 0 saturated heterocycles. The lowest BCUT2D eigenvalue weighted by Crippen LogP contribution is -2.39. The van der Waals surface area contributed by atoms with E-state index in [0.29, 0.717) is 0 Å². The molecule has 5 nitrogen and oxygen atoms in total. The van der Waals surface area contributed by atoms with Gasteiger partial charge in [-0.15, -0.1) is 0 Å². The molecule has 0 spiro atoms. The molecule has 0 radical (unpaired) electrons. The first-order valence-electron chi connectivity index (χ1n) is 8.19. The summed E-state index contributed by atoms with van der Waals surface area (Å²) in [6.45, 7) is 7.68. The van der Waals surface area contributed by atoms with E-state index in [1.54, 1.807) is 7.05 Å². The molecule has 5 heteroatoms. The summed E-state index contributed by atoms with van der Waals surface area (Å²) in [5, 5.41) is 6.64. The van der Waals surface area contributed by atoms with Crippen LogP contribution in [0.25, 0.3) is 0 Å². The van der Waals surface area contributed by atoms with Gasteiger partial charge in [-0.1, -0.05) is 13.3 Å². The summed E-state index contributed by atoms with van der Waals surface area (Å²) in [5.41, 5.74) is 2.55. The maximum Gasteiger partial charge on any atom is 0.190 e. The second-order valence-electron chi connectivity index (χ2n) is 5.30. The van der Waals surface area contributed by atoms with Gasteiger partial charge >= 0.3 is 0 Å². The molecule has 0 atom stereocenters. The van der Waals surface area contributed by atoms with Crippen LogP contribution in [0.5, 0.6) is 0 Å². The third-order valence-corrected chi connectivity index (χ3v) is 3.45. The summed E-state index contributed by atoms with van der Waals surface area (Å²) in [6.07, 6.45) is 8.04. The SMILES string of the molecule is CCCCOCCCNC(=NC)NCCc1ccncc1C. The van der Waals surface area contributed by atoms with Crippen molar-refractivity contribution in [3.63, 3.8) is 0 Å². The standard InChI is InChI=1S/C17H30N4O/c1-4-5-12-22-13-6-9-20-17(18-3)21-11-8-16-7-10-19-14-15(16)2/h7,10,14H,4-6,8-9,11-13H2,1-3H3,(H2,18,20,21).